The Hall–Kier alpha value is -1.13. The highest BCUT2D eigenvalue weighted by Crippen LogP contribution is 2.27. The van der Waals surface area contributed by atoms with Crippen LogP contribution >= 0.6 is 34.2 Å². The van der Waals surface area contributed by atoms with Gasteiger partial charge in [-0.05, 0) is 41.4 Å². The summed E-state index contributed by atoms with van der Waals surface area (Å²) in [6, 6.07) is 1.55. The number of carboxylic acid groups (broad SMARTS) is 1. The van der Waals surface area contributed by atoms with E-state index in [1.807, 2.05) is 0 Å². The molecule has 1 aliphatic heterocycles. The molecule has 118 valence electrons. The number of hydrogen-bond acceptors (Lipinski definition) is 4. The van der Waals surface area contributed by atoms with Crippen molar-refractivity contribution in [3.8, 4) is 0 Å². The Bertz CT molecular complexity index is 702. The number of ether oxygens (including phenoxy) is 1. The molecule has 3 rings (SSSR count). The van der Waals surface area contributed by atoms with Crippen LogP contribution in [0.2, 0.25) is 5.15 Å². The molecule has 22 heavy (non-hydrogen) atoms. The lowest BCUT2D eigenvalue weighted by Gasteiger charge is -2.28. The SMILES string of the molecule is O=C(O)N(CC1CCOCC1)c1cc(Cl)nn2c(I)cnc12. The van der Waals surface area contributed by atoms with Gasteiger partial charge in [-0.15, -0.1) is 0 Å². The van der Waals surface area contributed by atoms with Gasteiger partial charge in [0.15, 0.2) is 10.8 Å². The minimum Gasteiger partial charge on any atom is -0.465 e. The molecule has 0 unspecified atom stereocenters. The highest BCUT2D eigenvalue weighted by atomic mass is 127. The first-order chi connectivity index (χ1) is 10.6. The summed E-state index contributed by atoms with van der Waals surface area (Å²) >= 11 is 8.12. The van der Waals surface area contributed by atoms with E-state index in [2.05, 4.69) is 32.7 Å². The summed E-state index contributed by atoms with van der Waals surface area (Å²) < 4.78 is 7.65. The Kier molecular flexibility index (Phi) is 4.69. The van der Waals surface area contributed by atoms with Crippen molar-refractivity contribution in [2.24, 2.45) is 5.92 Å². The topological polar surface area (TPSA) is 80.0 Å². The Labute approximate surface area is 145 Å². The molecular weight excluding hydrogens is 423 g/mol. The van der Waals surface area contributed by atoms with Gasteiger partial charge < -0.3 is 9.84 Å². The molecule has 1 N–H and O–H groups in total. The third kappa shape index (κ3) is 3.13. The molecule has 0 radical (unpaired) electrons. The fourth-order valence-electron chi connectivity index (χ4n) is 2.56. The van der Waals surface area contributed by atoms with E-state index in [1.165, 1.54) is 4.90 Å². The van der Waals surface area contributed by atoms with Crippen LogP contribution in [0.15, 0.2) is 12.3 Å². The van der Waals surface area contributed by atoms with Gasteiger partial charge in [0.25, 0.3) is 0 Å². The third-order valence-corrected chi connectivity index (χ3v) is 4.60. The first kappa shape index (κ1) is 15.8. The molecule has 1 amide bonds. The zero-order valence-corrected chi connectivity index (χ0v) is 14.5. The maximum absolute atomic E-state index is 11.7. The van der Waals surface area contributed by atoms with Gasteiger partial charge in [0.05, 0.1) is 11.9 Å². The van der Waals surface area contributed by atoms with Crippen molar-refractivity contribution < 1.29 is 14.6 Å². The highest BCUT2D eigenvalue weighted by Gasteiger charge is 2.25. The van der Waals surface area contributed by atoms with Crippen LogP contribution in [0.4, 0.5) is 10.5 Å². The summed E-state index contributed by atoms with van der Waals surface area (Å²) in [5.41, 5.74) is 0.949. The molecule has 9 heteroatoms. The Morgan fingerprint density at radius 1 is 1.55 bits per heavy atom. The predicted octanol–water partition coefficient (Wildman–Crippen LogP) is 2.90. The van der Waals surface area contributed by atoms with Crippen molar-refractivity contribution in [3.05, 3.63) is 21.1 Å². The molecule has 1 saturated heterocycles. The highest BCUT2D eigenvalue weighted by molar-refractivity contribution is 14.1. The number of nitrogens with zero attached hydrogens (tertiary/aromatic N) is 4. The maximum Gasteiger partial charge on any atom is 0.411 e. The van der Waals surface area contributed by atoms with Crippen LogP contribution in [0, 0.1) is 9.62 Å². The molecule has 1 aliphatic rings. The number of rotatable bonds is 3. The molecule has 0 spiro atoms. The fourth-order valence-corrected chi connectivity index (χ4v) is 3.22. The third-order valence-electron chi connectivity index (χ3n) is 3.68. The number of amides is 1. The van der Waals surface area contributed by atoms with Gasteiger partial charge >= 0.3 is 6.09 Å². The van der Waals surface area contributed by atoms with Gasteiger partial charge in [-0.1, -0.05) is 11.6 Å². The first-order valence-corrected chi connectivity index (χ1v) is 8.30. The monoisotopic (exact) mass is 436 g/mol. The van der Waals surface area contributed by atoms with Crippen LogP contribution in [0.3, 0.4) is 0 Å². The minimum atomic E-state index is -1.02. The molecule has 2 aromatic heterocycles. The van der Waals surface area contributed by atoms with Crippen LogP contribution in [0.5, 0.6) is 0 Å². The second-order valence-electron chi connectivity index (χ2n) is 5.12. The van der Waals surface area contributed by atoms with Crippen molar-refractivity contribution >= 4 is 51.6 Å². The number of anilines is 1. The Balaban J connectivity index is 1.99. The number of hydrogen-bond donors (Lipinski definition) is 1. The summed E-state index contributed by atoms with van der Waals surface area (Å²) in [4.78, 5) is 17.3. The molecule has 3 heterocycles. The molecule has 1 fully saturated rings. The van der Waals surface area contributed by atoms with Crippen LogP contribution in [-0.4, -0.2) is 45.6 Å². The number of fused-ring (bicyclic) bond motifs is 1. The van der Waals surface area contributed by atoms with E-state index >= 15 is 0 Å². The van der Waals surface area contributed by atoms with Gasteiger partial charge in [-0.25, -0.2) is 14.3 Å². The van der Waals surface area contributed by atoms with Crippen LogP contribution in [-0.2, 0) is 4.74 Å². The van der Waals surface area contributed by atoms with Crippen LogP contribution in [0.1, 0.15) is 12.8 Å². The number of imidazole rings is 1. The second-order valence-corrected chi connectivity index (χ2v) is 6.61. The lowest BCUT2D eigenvalue weighted by atomic mass is 10.00. The van der Waals surface area contributed by atoms with Gasteiger partial charge in [0.2, 0.25) is 0 Å². The predicted molar refractivity (Wildman–Crippen MR) is 89.6 cm³/mol. The first-order valence-electron chi connectivity index (χ1n) is 6.84. The van der Waals surface area contributed by atoms with E-state index in [-0.39, 0.29) is 11.1 Å². The summed E-state index contributed by atoms with van der Waals surface area (Å²) in [7, 11) is 0. The number of aromatic nitrogens is 3. The Morgan fingerprint density at radius 2 is 2.27 bits per heavy atom. The summed E-state index contributed by atoms with van der Waals surface area (Å²) in [5.74, 6) is 0.269. The number of halogens is 2. The maximum atomic E-state index is 11.7. The van der Waals surface area contributed by atoms with E-state index in [1.54, 1.807) is 16.8 Å². The van der Waals surface area contributed by atoms with E-state index < -0.39 is 6.09 Å². The zero-order chi connectivity index (χ0) is 15.7. The summed E-state index contributed by atoms with van der Waals surface area (Å²) in [6.45, 7) is 1.75. The van der Waals surface area contributed by atoms with Crippen molar-refractivity contribution in [1.29, 1.82) is 0 Å². The second kappa shape index (κ2) is 6.55. The van der Waals surface area contributed by atoms with E-state index in [4.69, 9.17) is 16.3 Å². The van der Waals surface area contributed by atoms with Crippen molar-refractivity contribution in [3.63, 3.8) is 0 Å². The molecule has 2 aromatic rings. The molecule has 0 bridgehead atoms. The molecule has 0 aliphatic carbocycles. The average Bonchev–Trinajstić information content (AvgIpc) is 2.86. The van der Waals surface area contributed by atoms with Gasteiger partial charge in [0, 0.05) is 25.8 Å². The molecule has 0 saturated carbocycles. The minimum absolute atomic E-state index is 0.233. The van der Waals surface area contributed by atoms with Gasteiger partial charge in [-0.2, -0.15) is 5.10 Å². The quantitative estimate of drug-likeness (QED) is 0.749. The van der Waals surface area contributed by atoms with E-state index in [0.717, 1.165) is 16.5 Å². The van der Waals surface area contributed by atoms with Crippen LogP contribution in [0.25, 0.3) is 5.65 Å². The largest absolute Gasteiger partial charge is 0.465 e. The van der Waals surface area contributed by atoms with Gasteiger partial charge in [0.1, 0.15) is 3.70 Å². The molecule has 7 nitrogen and oxygen atoms in total. The Morgan fingerprint density at radius 3 is 2.95 bits per heavy atom. The molecule has 0 atom stereocenters. The average molecular weight is 437 g/mol. The van der Waals surface area contributed by atoms with Crippen molar-refractivity contribution in [2.45, 2.75) is 12.8 Å². The standard InChI is InChI=1S/C13H14ClIN4O3/c14-10-5-9(12-16-6-11(15)19(12)17-10)18(13(20)21)7-8-1-3-22-4-2-8/h5-6,8H,1-4,7H2,(H,20,21). The van der Waals surface area contributed by atoms with E-state index in [0.29, 0.717) is 31.1 Å². The lowest BCUT2D eigenvalue weighted by molar-refractivity contribution is 0.0680. The van der Waals surface area contributed by atoms with Gasteiger partial charge in [-0.3, -0.25) is 4.90 Å². The fraction of sp³-hybridized carbons (Fsp3) is 0.462. The van der Waals surface area contributed by atoms with E-state index in [9.17, 15) is 9.90 Å². The van der Waals surface area contributed by atoms with Crippen molar-refractivity contribution in [1.82, 2.24) is 14.6 Å². The molecular formula is C13H14ClIN4O3. The molecule has 0 aromatic carbocycles. The normalized spacial score (nSPS) is 16.1. The number of carbonyl (C=O) groups is 1. The van der Waals surface area contributed by atoms with Crippen LogP contribution < -0.4 is 4.90 Å². The smallest absolute Gasteiger partial charge is 0.411 e. The lowest BCUT2D eigenvalue weighted by Crippen LogP contribution is -2.36. The summed E-state index contributed by atoms with van der Waals surface area (Å²) in [6.07, 6.45) is 2.32. The van der Waals surface area contributed by atoms with Crippen molar-refractivity contribution in [2.75, 3.05) is 24.7 Å². The summed E-state index contributed by atoms with van der Waals surface area (Å²) in [5, 5.41) is 14.0. The zero-order valence-electron chi connectivity index (χ0n) is 11.6.